The van der Waals surface area contributed by atoms with Gasteiger partial charge in [-0.15, -0.1) is 0 Å². The zero-order valence-electron chi connectivity index (χ0n) is 13.3. The van der Waals surface area contributed by atoms with Gasteiger partial charge in [0.05, 0.1) is 0 Å². The van der Waals surface area contributed by atoms with Gasteiger partial charge >= 0.3 is 5.63 Å². The molecule has 1 N–H and O–H groups in total. The summed E-state index contributed by atoms with van der Waals surface area (Å²) < 4.78 is 5.20. The molecule has 0 aliphatic heterocycles. The molecule has 0 saturated heterocycles. The molecule has 3 aromatic rings. The predicted octanol–water partition coefficient (Wildman–Crippen LogP) is 3.97. The molecule has 1 heterocycles. The Hall–Kier alpha value is -2.88. The lowest BCUT2D eigenvalue weighted by Crippen LogP contribution is -2.13. The lowest BCUT2D eigenvalue weighted by Gasteiger charge is -2.09. The third-order valence-corrected chi connectivity index (χ3v) is 3.84. The zero-order chi connectivity index (χ0) is 16.6. The molecule has 0 radical (unpaired) electrons. The minimum absolute atomic E-state index is 0.183. The summed E-state index contributed by atoms with van der Waals surface area (Å²) in [6.45, 7) is 5.75. The maximum absolute atomic E-state index is 12.4. The van der Waals surface area contributed by atoms with Crippen LogP contribution in [0.5, 0.6) is 0 Å². The van der Waals surface area contributed by atoms with E-state index < -0.39 is 5.63 Å². The average Bonchev–Trinajstić information content (AvgIpc) is 2.46. The van der Waals surface area contributed by atoms with E-state index in [1.165, 1.54) is 6.07 Å². The molecule has 0 atom stereocenters. The number of nitrogens with one attached hydrogen (secondary N) is 1. The van der Waals surface area contributed by atoms with Crippen molar-refractivity contribution >= 4 is 22.6 Å². The van der Waals surface area contributed by atoms with E-state index in [9.17, 15) is 9.59 Å². The number of hydrogen-bond acceptors (Lipinski definition) is 3. The van der Waals surface area contributed by atoms with Crippen molar-refractivity contribution in [2.24, 2.45) is 0 Å². The largest absolute Gasteiger partial charge is 0.423 e. The molecule has 4 nitrogen and oxygen atoms in total. The maximum Gasteiger partial charge on any atom is 0.336 e. The van der Waals surface area contributed by atoms with Crippen LogP contribution in [0.4, 0.5) is 5.69 Å². The van der Waals surface area contributed by atoms with E-state index in [1.54, 1.807) is 12.1 Å². The molecular formula is C19H17NO3. The van der Waals surface area contributed by atoms with Gasteiger partial charge in [0.2, 0.25) is 0 Å². The molecule has 0 saturated carbocycles. The molecule has 0 aliphatic rings. The van der Waals surface area contributed by atoms with E-state index in [0.29, 0.717) is 16.8 Å². The highest BCUT2D eigenvalue weighted by molar-refractivity contribution is 6.06. The van der Waals surface area contributed by atoms with E-state index in [0.717, 1.165) is 22.1 Å². The molecule has 1 amide bonds. The summed E-state index contributed by atoms with van der Waals surface area (Å²) in [5.41, 5.74) is 4.18. The van der Waals surface area contributed by atoms with Crippen LogP contribution in [0, 0.1) is 20.8 Å². The van der Waals surface area contributed by atoms with Crippen LogP contribution >= 0.6 is 0 Å². The van der Waals surface area contributed by atoms with Crippen LogP contribution in [0.25, 0.3) is 11.0 Å². The van der Waals surface area contributed by atoms with Crippen molar-refractivity contribution in [2.75, 3.05) is 5.32 Å². The Bertz CT molecular complexity index is 970. The van der Waals surface area contributed by atoms with Gasteiger partial charge in [-0.2, -0.15) is 0 Å². The first-order valence-corrected chi connectivity index (χ1v) is 7.37. The van der Waals surface area contributed by atoms with E-state index in [1.807, 2.05) is 45.0 Å². The lowest BCUT2D eigenvalue weighted by atomic mass is 10.0. The minimum atomic E-state index is -0.396. The summed E-state index contributed by atoms with van der Waals surface area (Å²) in [6, 6.07) is 12.5. The second-order valence-electron chi connectivity index (χ2n) is 5.73. The lowest BCUT2D eigenvalue weighted by molar-refractivity contribution is 0.102. The van der Waals surface area contributed by atoms with Crippen LogP contribution < -0.4 is 10.9 Å². The second kappa shape index (κ2) is 5.72. The second-order valence-corrected chi connectivity index (χ2v) is 5.73. The molecule has 116 valence electrons. The number of amides is 1. The summed E-state index contributed by atoms with van der Waals surface area (Å²) in [6.07, 6.45) is 0. The van der Waals surface area contributed by atoms with E-state index in [-0.39, 0.29) is 5.91 Å². The first kappa shape index (κ1) is 15.0. The van der Waals surface area contributed by atoms with Crippen LogP contribution in [-0.2, 0) is 0 Å². The van der Waals surface area contributed by atoms with Gasteiger partial charge in [-0.1, -0.05) is 17.7 Å². The first-order chi connectivity index (χ1) is 10.9. The van der Waals surface area contributed by atoms with Crippen molar-refractivity contribution in [1.82, 2.24) is 0 Å². The van der Waals surface area contributed by atoms with E-state index in [2.05, 4.69) is 5.32 Å². The van der Waals surface area contributed by atoms with Crippen LogP contribution in [0.15, 0.2) is 51.7 Å². The monoisotopic (exact) mass is 307 g/mol. The highest BCUT2D eigenvalue weighted by Gasteiger charge is 2.10. The number of benzene rings is 2. The number of carbonyl (C=O) groups excluding carboxylic acids is 1. The molecule has 1 aromatic heterocycles. The molecule has 3 rings (SSSR count). The Morgan fingerprint density at radius 3 is 2.48 bits per heavy atom. The number of carbonyl (C=O) groups is 1. The van der Waals surface area contributed by atoms with Crippen molar-refractivity contribution in [1.29, 1.82) is 0 Å². The topological polar surface area (TPSA) is 59.3 Å². The minimum Gasteiger partial charge on any atom is -0.423 e. The van der Waals surface area contributed by atoms with E-state index in [4.69, 9.17) is 4.42 Å². The molecule has 23 heavy (non-hydrogen) atoms. The van der Waals surface area contributed by atoms with Gasteiger partial charge < -0.3 is 9.73 Å². The van der Waals surface area contributed by atoms with Crippen molar-refractivity contribution < 1.29 is 9.21 Å². The standard InChI is InChI=1S/C19H17NO3/c1-11-4-6-16(12(2)8-11)19(22)20-14-5-7-15-13(3)9-18(21)23-17(15)10-14/h4-10H,1-3H3,(H,20,22). The summed E-state index contributed by atoms with van der Waals surface area (Å²) >= 11 is 0. The quantitative estimate of drug-likeness (QED) is 0.729. The van der Waals surface area contributed by atoms with Crippen molar-refractivity contribution in [3.8, 4) is 0 Å². The number of hydrogen-bond donors (Lipinski definition) is 1. The highest BCUT2D eigenvalue weighted by Crippen LogP contribution is 2.21. The third kappa shape index (κ3) is 3.01. The molecule has 0 fully saturated rings. The van der Waals surface area contributed by atoms with Gasteiger partial charge in [-0.05, 0) is 50.1 Å². The Morgan fingerprint density at radius 1 is 0.957 bits per heavy atom. The molecule has 0 bridgehead atoms. The Balaban J connectivity index is 1.95. The summed E-state index contributed by atoms with van der Waals surface area (Å²) in [5.74, 6) is -0.183. The molecule has 0 aliphatic carbocycles. The smallest absolute Gasteiger partial charge is 0.336 e. The summed E-state index contributed by atoms with van der Waals surface area (Å²) in [7, 11) is 0. The number of anilines is 1. The Kier molecular flexibility index (Phi) is 3.74. The third-order valence-electron chi connectivity index (χ3n) is 3.84. The van der Waals surface area contributed by atoms with Crippen LogP contribution in [0.2, 0.25) is 0 Å². The molecule has 4 heteroatoms. The predicted molar refractivity (Wildman–Crippen MR) is 91.1 cm³/mol. The number of rotatable bonds is 2. The molecule has 0 unspecified atom stereocenters. The van der Waals surface area contributed by atoms with Gasteiger partial charge in [0.1, 0.15) is 5.58 Å². The van der Waals surface area contributed by atoms with Crippen molar-refractivity contribution in [3.05, 3.63) is 75.1 Å². The SMILES string of the molecule is Cc1ccc(C(=O)Nc2ccc3c(C)cc(=O)oc3c2)c(C)c1. The Labute approximate surface area is 133 Å². The fourth-order valence-electron chi connectivity index (χ4n) is 2.67. The number of fused-ring (bicyclic) bond motifs is 1. The van der Waals surface area contributed by atoms with Gasteiger partial charge in [0.15, 0.2) is 0 Å². The van der Waals surface area contributed by atoms with Crippen molar-refractivity contribution in [3.63, 3.8) is 0 Å². The van der Waals surface area contributed by atoms with Crippen LogP contribution in [0.1, 0.15) is 27.0 Å². The summed E-state index contributed by atoms with van der Waals surface area (Å²) in [5, 5.41) is 3.70. The molecular weight excluding hydrogens is 290 g/mol. The Morgan fingerprint density at radius 2 is 1.74 bits per heavy atom. The van der Waals surface area contributed by atoms with Crippen molar-refractivity contribution in [2.45, 2.75) is 20.8 Å². The zero-order valence-corrected chi connectivity index (χ0v) is 13.3. The van der Waals surface area contributed by atoms with Crippen LogP contribution in [-0.4, -0.2) is 5.91 Å². The first-order valence-electron chi connectivity index (χ1n) is 7.37. The normalized spacial score (nSPS) is 10.7. The van der Waals surface area contributed by atoms with Gasteiger partial charge in [-0.3, -0.25) is 4.79 Å². The summed E-state index contributed by atoms with van der Waals surface area (Å²) in [4.78, 5) is 23.9. The van der Waals surface area contributed by atoms with Gasteiger partial charge in [0, 0.05) is 28.8 Å². The maximum atomic E-state index is 12.4. The average molecular weight is 307 g/mol. The molecule has 2 aromatic carbocycles. The van der Waals surface area contributed by atoms with Crippen LogP contribution in [0.3, 0.4) is 0 Å². The fourth-order valence-corrected chi connectivity index (χ4v) is 2.67. The van der Waals surface area contributed by atoms with E-state index >= 15 is 0 Å². The fraction of sp³-hybridized carbons (Fsp3) is 0.158. The highest BCUT2D eigenvalue weighted by atomic mass is 16.4. The molecule has 0 spiro atoms. The van der Waals surface area contributed by atoms with Gasteiger partial charge in [-0.25, -0.2) is 4.79 Å². The number of aryl methyl sites for hydroxylation is 3. The van der Waals surface area contributed by atoms with Gasteiger partial charge in [0.25, 0.3) is 5.91 Å².